The molecule has 2 aliphatic heterocycles. The van der Waals surface area contributed by atoms with Gasteiger partial charge in [-0.05, 0) is 29.8 Å². The zero-order valence-corrected chi connectivity index (χ0v) is 17.5. The number of rotatable bonds is 5. The molecule has 3 heterocycles. The van der Waals surface area contributed by atoms with Crippen LogP contribution in [0.3, 0.4) is 0 Å². The summed E-state index contributed by atoms with van der Waals surface area (Å²) in [7, 11) is 0. The molecule has 2 aliphatic rings. The molecule has 0 spiro atoms. The lowest BCUT2D eigenvalue weighted by molar-refractivity contribution is -0.137. The fraction of sp³-hybridized carbons (Fsp3) is 0.421. The molecule has 4 rings (SSSR count). The Labute approximate surface area is 181 Å². The van der Waals surface area contributed by atoms with Crippen LogP contribution < -0.4 is 10.2 Å². The van der Waals surface area contributed by atoms with Crippen LogP contribution in [-0.2, 0) is 6.18 Å². The van der Waals surface area contributed by atoms with Crippen molar-refractivity contribution in [3.8, 4) is 0 Å². The number of hydrogen-bond acceptors (Lipinski definition) is 7. The summed E-state index contributed by atoms with van der Waals surface area (Å²) in [5.41, 5.74) is -0.167. The lowest BCUT2D eigenvalue weighted by Crippen LogP contribution is -2.61. The van der Waals surface area contributed by atoms with Crippen molar-refractivity contribution in [2.45, 2.75) is 12.2 Å². The normalized spacial score (nSPS) is 18.2. The molecule has 0 bridgehead atoms. The molecule has 2 fully saturated rings. The first-order valence-corrected chi connectivity index (χ1v) is 11.0. The summed E-state index contributed by atoms with van der Waals surface area (Å²) >= 11 is 8.06. The van der Waals surface area contributed by atoms with E-state index in [0.29, 0.717) is 17.4 Å². The van der Waals surface area contributed by atoms with E-state index < -0.39 is 11.7 Å². The van der Waals surface area contributed by atoms with Gasteiger partial charge in [-0.1, -0.05) is 6.07 Å². The van der Waals surface area contributed by atoms with Gasteiger partial charge in [0.2, 0.25) is 5.28 Å². The molecule has 30 heavy (non-hydrogen) atoms. The van der Waals surface area contributed by atoms with E-state index in [1.165, 1.54) is 12.1 Å². The Morgan fingerprint density at radius 1 is 1.20 bits per heavy atom. The Hall–Kier alpha value is -2.04. The lowest BCUT2D eigenvalue weighted by atomic mass is 10.1. The molecule has 160 valence electrons. The van der Waals surface area contributed by atoms with Crippen LogP contribution in [0.2, 0.25) is 5.28 Å². The third kappa shape index (κ3) is 4.50. The minimum absolute atomic E-state index is 0.0251. The third-order valence-electron chi connectivity index (χ3n) is 5.22. The molecule has 2 saturated heterocycles. The van der Waals surface area contributed by atoms with Gasteiger partial charge in [0.05, 0.1) is 11.1 Å². The highest BCUT2D eigenvalue weighted by Gasteiger charge is 2.35. The van der Waals surface area contributed by atoms with Crippen molar-refractivity contribution in [2.24, 2.45) is 0 Å². The van der Waals surface area contributed by atoms with E-state index in [4.69, 9.17) is 17.0 Å². The van der Waals surface area contributed by atoms with E-state index >= 15 is 0 Å². The maximum absolute atomic E-state index is 13.0. The highest BCUT2D eigenvalue weighted by atomic mass is 35.5. The smallest absolute Gasteiger partial charge is 0.353 e. The average molecular weight is 457 g/mol. The summed E-state index contributed by atoms with van der Waals surface area (Å²) in [5.74, 6) is 2.98. The second kappa shape index (κ2) is 8.60. The van der Waals surface area contributed by atoms with Crippen LogP contribution in [0.15, 0.2) is 24.3 Å². The minimum atomic E-state index is -4.45. The fourth-order valence-corrected chi connectivity index (χ4v) is 4.71. The molecule has 2 aromatic rings. The SMILES string of the molecule is N=Cc1c(Nc2cccc(C(F)(F)F)c2)nc(Cl)nc1N1CC(N2CCSCC2)C1. The van der Waals surface area contributed by atoms with Crippen molar-refractivity contribution < 1.29 is 13.2 Å². The van der Waals surface area contributed by atoms with Crippen LogP contribution >= 0.6 is 23.4 Å². The van der Waals surface area contributed by atoms with Crippen LogP contribution in [0.4, 0.5) is 30.5 Å². The van der Waals surface area contributed by atoms with Crippen molar-refractivity contribution in [3.05, 3.63) is 40.7 Å². The summed E-state index contributed by atoms with van der Waals surface area (Å²) in [5, 5.41) is 10.7. The van der Waals surface area contributed by atoms with Crippen LogP contribution in [0, 0.1) is 5.41 Å². The maximum Gasteiger partial charge on any atom is 0.416 e. The number of anilines is 3. The molecule has 6 nitrogen and oxygen atoms in total. The predicted octanol–water partition coefficient (Wildman–Crippen LogP) is 4.13. The monoisotopic (exact) mass is 456 g/mol. The first-order valence-electron chi connectivity index (χ1n) is 9.44. The Bertz CT molecular complexity index is 929. The topological polar surface area (TPSA) is 68.1 Å². The molecular weight excluding hydrogens is 437 g/mol. The first kappa shape index (κ1) is 21.2. The Kier molecular flexibility index (Phi) is 6.08. The van der Waals surface area contributed by atoms with E-state index in [2.05, 4.69) is 20.2 Å². The van der Waals surface area contributed by atoms with Crippen LogP contribution in [0.5, 0.6) is 0 Å². The summed E-state index contributed by atoms with van der Waals surface area (Å²) in [4.78, 5) is 12.9. The summed E-state index contributed by atoms with van der Waals surface area (Å²) in [6.07, 6.45) is -3.34. The molecule has 0 unspecified atom stereocenters. The van der Waals surface area contributed by atoms with Gasteiger partial charge in [-0.15, -0.1) is 0 Å². The molecule has 2 N–H and O–H groups in total. The summed E-state index contributed by atoms with van der Waals surface area (Å²) < 4.78 is 39.0. The number of halogens is 4. The number of nitrogens with zero attached hydrogens (tertiary/aromatic N) is 4. The number of benzene rings is 1. The first-order chi connectivity index (χ1) is 14.3. The van der Waals surface area contributed by atoms with E-state index in [1.807, 2.05) is 16.7 Å². The number of nitrogens with one attached hydrogen (secondary N) is 2. The number of aromatic nitrogens is 2. The van der Waals surface area contributed by atoms with Crippen molar-refractivity contribution in [2.75, 3.05) is 47.9 Å². The largest absolute Gasteiger partial charge is 0.416 e. The zero-order valence-electron chi connectivity index (χ0n) is 15.9. The zero-order chi connectivity index (χ0) is 21.3. The number of hydrogen-bond donors (Lipinski definition) is 2. The molecule has 0 saturated carbocycles. The summed E-state index contributed by atoms with van der Waals surface area (Å²) in [6.45, 7) is 3.66. The van der Waals surface area contributed by atoms with E-state index in [0.717, 1.165) is 56.0 Å². The highest BCUT2D eigenvalue weighted by Crippen LogP contribution is 2.34. The van der Waals surface area contributed by atoms with E-state index in [1.54, 1.807) is 0 Å². The standard InChI is InChI=1S/C19H20ClF3N6S/c20-18-26-16(25-13-3-1-2-12(8-13)19(21,22)23)15(9-24)17(27-18)29-10-14(11-29)28-4-6-30-7-5-28/h1-3,8-9,14,24H,4-7,10-11H2,(H,25,26,27). The van der Waals surface area contributed by atoms with Crippen molar-refractivity contribution >= 4 is 46.9 Å². The van der Waals surface area contributed by atoms with Gasteiger partial charge in [0.15, 0.2) is 0 Å². The molecular formula is C19H20ClF3N6S. The van der Waals surface area contributed by atoms with Crippen LogP contribution in [0.1, 0.15) is 11.1 Å². The van der Waals surface area contributed by atoms with Crippen LogP contribution in [-0.4, -0.2) is 64.8 Å². The van der Waals surface area contributed by atoms with Gasteiger partial charge in [-0.25, -0.2) is 0 Å². The predicted molar refractivity (Wildman–Crippen MR) is 115 cm³/mol. The molecule has 0 atom stereocenters. The van der Waals surface area contributed by atoms with Gasteiger partial charge in [0.1, 0.15) is 11.6 Å². The molecule has 0 amide bonds. The second-order valence-electron chi connectivity index (χ2n) is 7.13. The molecule has 11 heteroatoms. The van der Waals surface area contributed by atoms with Crippen LogP contribution in [0.25, 0.3) is 0 Å². The second-order valence-corrected chi connectivity index (χ2v) is 8.70. The van der Waals surface area contributed by atoms with Crippen molar-refractivity contribution in [1.29, 1.82) is 5.41 Å². The van der Waals surface area contributed by atoms with Crippen molar-refractivity contribution in [1.82, 2.24) is 14.9 Å². The van der Waals surface area contributed by atoms with Gasteiger partial charge < -0.3 is 15.6 Å². The Morgan fingerprint density at radius 3 is 2.60 bits per heavy atom. The van der Waals surface area contributed by atoms with Gasteiger partial charge in [-0.3, -0.25) is 4.90 Å². The molecule has 1 aromatic heterocycles. The minimum Gasteiger partial charge on any atom is -0.353 e. The van der Waals surface area contributed by atoms with Gasteiger partial charge in [0.25, 0.3) is 0 Å². The quantitative estimate of drug-likeness (QED) is 0.521. The Balaban J connectivity index is 1.55. The third-order valence-corrected chi connectivity index (χ3v) is 6.33. The van der Waals surface area contributed by atoms with Gasteiger partial charge in [0, 0.05) is 55.6 Å². The lowest BCUT2D eigenvalue weighted by Gasteiger charge is -2.47. The van der Waals surface area contributed by atoms with Gasteiger partial charge in [-0.2, -0.15) is 34.9 Å². The molecule has 1 aromatic carbocycles. The number of alkyl halides is 3. The fourth-order valence-electron chi connectivity index (χ4n) is 3.61. The number of thioether (sulfide) groups is 1. The highest BCUT2D eigenvalue weighted by molar-refractivity contribution is 7.99. The average Bonchev–Trinajstić information content (AvgIpc) is 2.67. The van der Waals surface area contributed by atoms with Crippen molar-refractivity contribution in [3.63, 3.8) is 0 Å². The van der Waals surface area contributed by atoms with E-state index in [9.17, 15) is 13.2 Å². The summed E-state index contributed by atoms with van der Waals surface area (Å²) in [6, 6.07) is 5.25. The van der Waals surface area contributed by atoms with Gasteiger partial charge >= 0.3 is 6.18 Å². The van der Waals surface area contributed by atoms with E-state index in [-0.39, 0.29) is 16.8 Å². The molecule has 0 aliphatic carbocycles. The maximum atomic E-state index is 13.0. The molecule has 0 radical (unpaired) electrons. The Morgan fingerprint density at radius 2 is 1.93 bits per heavy atom.